The highest BCUT2D eigenvalue weighted by atomic mass is 79.9. The molecule has 0 aliphatic heterocycles. The Kier molecular flexibility index (Phi) is 3.89. The van der Waals surface area contributed by atoms with Crippen LogP contribution in [-0.2, 0) is 16.0 Å². The fourth-order valence-corrected chi connectivity index (χ4v) is 1.83. The van der Waals surface area contributed by atoms with Crippen LogP contribution in [0.25, 0.3) is 11.4 Å². The Morgan fingerprint density at radius 1 is 1.47 bits per heavy atom. The molecule has 0 spiro atoms. The minimum atomic E-state index is -1.04. The van der Waals surface area contributed by atoms with E-state index in [0.717, 1.165) is 6.07 Å². The molecule has 0 fully saturated rings. The number of aromatic nitrogens is 2. The topological polar surface area (TPSA) is 65.2 Å². The lowest BCUT2D eigenvalue weighted by molar-refractivity contribution is -0.140. The van der Waals surface area contributed by atoms with Gasteiger partial charge in [0.15, 0.2) is 11.6 Å². The van der Waals surface area contributed by atoms with Crippen molar-refractivity contribution in [1.29, 1.82) is 0 Å². The van der Waals surface area contributed by atoms with Crippen molar-refractivity contribution in [2.45, 2.75) is 6.42 Å². The van der Waals surface area contributed by atoms with E-state index in [2.05, 4.69) is 30.8 Å². The van der Waals surface area contributed by atoms with Gasteiger partial charge in [-0.25, -0.2) is 8.78 Å². The molecule has 2 aromatic rings. The molecule has 19 heavy (non-hydrogen) atoms. The lowest BCUT2D eigenvalue weighted by Gasteiger charge is -2.00. The third-order valence-electron chi connectivity index (χ3n) is 2.27. The number of nitrogens with zero attached hydrogens (tertiary/aromatic N) is 2. The molecule has 1 aromatic heterocycles. The average molecular weight is 333 g/mol. The van der Waals surface area contributed by atoms with E-state index in [0.29, 0.717) is 0 Å². The van der Waals surface area contributed by atoms with Crippen molar-refractivity contribution in [3.63, 3.8) is 0 Å². The van der Waals surface area contributed by atoms with E-state index >= 15 is 0 Å². The second-order valence-corrected chi connectivity index (χ2v) is 4.28. The summed E-state index contributed by atoms with van der Waals surface area (Å²) in [5.41, 5.74) is 0.221. The molecule has 0 atom stereocenters. The Morgan fingerprint density at radius 3 is 2.89 bits per heavy atom. The van der Waals surface area contributed by atoms with Gasteiger partial charge < -0.3 is 9.26 Å². The van der Waals surface area contributed by atoms with Gasteiger partial charge >= 0.3 is 5.97 Å². The summed E-state index contributed by atoms with van der Waals surface area (Å²) in [6.07, 6.45) is -0.190. The van der Waals surface area contributed by atoms with Gasteiger partial charge in [0.25, 0.3) is 0 Å². The van der Waals surface area contributed by atoms with Gasteiger partial charge in [-0.1, -0.05) is 5.16 Å². The van der Waals surface area contributed by atoms with Crippen molar-refractivity contribution < 1.29 is 22.8 Å². The van der Waals surface area contributed by atoms with Crippen LogP contribution >= 0.6 is 15.9 Å². The predicted octanol–water partition coefficient (Wildman–Crippen LogP) is 2.49. The van der Waals surface area contributed by atoms with Crippen molar-refractivity contribution in [2.24, 2.45) is 0 Å². The maximum absolute atomic E-state index is 13.4. The first-order valence-electron chi connectivity index (χ1n) is 5.06. The number of carbonyl (C=O) groups excluding carboxylic acids is 1. The van der Waals surface area contributed by atoms with Crippen LogP contribution in [0.15, 0.2) is 21.1 Å². The number of esters is 1. The van der Waals surface area contributed by atoms with E-state index in [1.165, 1.54) is 13.2 Å². The van der Waals surface area contributed by atoms with Gasteiger partial charge in [0.2, 0.25) is 11.7 Å². The standard InChI is InChI=1S/C11H7BrF2N2O3/c1-18-8(17)4-7-15-11(16-19-7)5-2-3-6(13)10(14)9(5)12/h2-3H,4H2,1H3. The minimum absolute atomic E-state index is 0.0264. The van der Waals surface area contributed by atoms with Crippen LogP contribution in [0.5, 0.6) is 0 Å². The largest absolute Gasteiger partial charge is 0.469 e. The molecular formula is C11H7BrF2N2O3. The molecule has 1 heterocycles. The van der Waals surface area contributed by atoms with Crippen LogP contribution in [-0.4, -0.2) is 23.2 Å². The Bertz CT molecular complexity index is 630. The smallest absolute Gasteiger partial charge is 0.315 e. The molecule has 2 rings (SSSR count). The molecule has 1 aromatic carbocycles. The number of rotatable bonds is 3. The molecule has 0 N–H and O–H groups in total. The zero-order chi connectivity index (χ0) is 14.0. The van der Waals surface area contributed by atoms with Gasteiger partial charge in [-0.3, -0.25) is 4.79 Å². The highest BCUT2D eigenvalue weighted by molar-refractivity contribution is 9.10. The van der Waals surface area contributed by atoms with Crippen LogP contribution in [0, 0.1) is 11.6 Å². The highest BCUT2D eigenvalue weighted by Gasteiger charge is 2.18. The first-order valence-corrected chi connectivity index (χ1v) is 5.85. The fraction of sp³-hybridized carbons (Fsp3) is 0.182. The zero-order valence-electron chi connectivity index (χ0n) is 9.61. The van der Waals surface area contributed by atoms with Crippen LogP contribution in [0.3, 0.4) is 0 Å². The Hall–Kier alpha value is -1.83. The van der Waals surface area contributed by atoms with Crippen molar-refractivity contribution in [3.8, 4) is 11.4 Å². The van der Waals surface area contributed by atoms with Gasteiger partial charge in [0, 0.05) is 5.56 Å². The summed E-state index contributed by atoms with van der Waals surface area (Å²) in [6, 6.07) is 2.25. The predicted molar refractivity (Wildman–Crippen MR) is 63.1 cm³/mol. The molecule has 0 unspecified atom stereocenters. The van der Waals surface area contributed by atoms with Gasteiger partial charge in [0.05, 0.1) is 11.6 Å². The Labute approximate surface area is 114 Å². The second-order valence-electron chi connectivity index (χ2n) is 3.49. The third kappa shape index (κ3) is 2.78. The van der Waals surface area contributed by atoms with Gasteiger partial charge in [-0.15, -0.1) is 0 Å². The number of hydrogen-bond acceptors (Lipinski definition) is 5. The van der Waals surface area contributed by atoms with Crippen molar-refractivity contribution in [2.75, 3.05) is 7.11 Å². The molecule has 100 valence electrons. The maximum Gasteiger partial charge on any atom is 0.315 e. The molecule has 8 heteroatoms. The summed E-state index contributed by atoms with van der Waals surface area (Å²) < 4.78 is 35.5. The number of halogens is 3. The summed E-state index contributed by atoms with van der Waals surface area (Å²) in [5.74, 6) is -2.51. The number of methoxy groups -OCH3 is 1. The van der Waals surface area contributed by atoms with Crippen molar-refractivity contribution in [3.05, 3.63) is 34.1 Å². The van der Waals surface area contributed by atoms with Crippen LogP contribution in [0.1, 0.15) is 5.89 Å². The average Bonchev–Trinajstić information content (AvgIpc) is 2.84. The lowest BCUT2D eigenvalue weighted by Crippen LogP contribution is -2.04. The Balaban J connectivity index is 2.33. The van der Waals surface area contributed by atoms with Crippen molar-refractivity contribution in [1.82, 2.24) is 10.1 Å². The molecule has 0 amide bonds. The first-order chi connectivity index (χ1) is 9.02. The number of hydrogen-bond donors (Lipinski definition) is 0. The summed E-state index contributed by atoms with van der Waals surface area (Å²) in [7, 11) is 1.23. The van der Waals surface area contributed by atoms with Gasteiger partial charge in [-0.05, 0) is 28.1 Å². The molecule has 0 saturated carbocycles. The highest BCUT2D eigenvalue weighted by Crippen LogP contribution is 2.29. The Morgan fingerprint density at radius 2 is 2.21 bits per heavy atom. The zero-order valence-corrected chi connectivity index (χ0v) is 11.2. The number of ether oxygens (including phenoxy) is 1. The van der Waals surface area contributed by atoms with Gasteiger partial charge in [-0.2, -0.15) is 4.98 Å². The van der Waals surface area contributed by atoms with E-state index in [4.69, 9.17) is 4.52 Å². The summed E-state index contributed by atoms with van der Waals surface area (Å²) in [5, 5.41) is 3.59. The number of benzene rings is 1. The van der Waals surface area contributed by atoms with Crippen LogP contribution in [0.2, 0.25) is 0 Å². The monoisotopic (exact) mass is 332 g/mol. The molecule has 0 bridgehead atoms. The summed E-state index contributed by atoms with van der Waals surface area (Å²) in [6.45, 7) is 0. The molecule has 5 nitrogen and oxygen atoms in total. The van der Waals surface area contributed by atoms with E-state index in [1.54, 1.807) is 0 Å². The number of carbonyl (C=O) groups is 1. The van der Waals surface area contributed by atoms with E-state index < -0.39 is 17.6 Å². The third-order valence-corrected chi connectivity index (χ3v) is 3.04. The second kappa shape index (κ2) is 5.43. The molecule has 0 aliphatic carbocycles. The lowest BCUT2D eigenvalue weighted by atomic mass is 10.2. The normalized spacial score (nSPS) is 10.5. The summed E-state index contributed by atoms with van der Waals surface area (Å²) in [4.78, 5) is 14.9. The molecule has 0 saturated heterocycles. The SMILES string of the molecule is COC(=O)Cc1nc(-c2ccc(F)c(F)c2Br)no1. The maximum atomic E-state index is 13.4. The van der Waals surface area contributed by atoms with Gasteiger partial charge in [0.1, 0.15) is 6.42 Å². The minimum Gasteiger partial charge on any atom is -0.469 e. The quantitative estimate of drug-likeness (QED) is 0.638. The molecule has 0 aliphatic rings. The molecular weight excluding hydrogens is 326 g/mol. The first kappa shape index (κ1) is 13.6. The van der Waals surface area contributed by atoms with Crippen molar-refractivity contribution >= 4 is 21.9 Å². The van der Waals surface area contributed by atoms with Crippen LogP contribution in [0.4, 0.5) is 8.78 Å². The van der Waals surface area contributed by atoms with Crippen LogP contribution < -0.4 is 0 Å². The van der Waals surface area contributed by atoms with E-state index in [9.17, 15) is 13.6 Å². The summed E-state index contributed by atoms with van der Waals surface area (Å²) >= 11 is 2.91. The fourth-order valence-electron chi connectivity index (χ4n) is 1.33. The molecule has 0 radical (unpaired) electrons. The van der Waals surface area contributed by atoms with E-state index in [-0.39, 0.29) is 28.2 Å². The van der Waals surface area contributed by atoms with E-state index in [1.807, 2.05) is 0 Å².